The maximum Gasteiger partial charge on any atom is 0.408 e. The van der Waals surface area contributed by atoms with Crippen LogP contribution in [0.2, 0.25) is 0 Å². The van der Waals surface area contributed by atoms with Crippen molar-refractivity contribution in [3.05, 3.63) is 35.7 Å². The molecule has 0 bridgehead atoms. The molecule has 2 amide bonds. The van der Waals surface area contributed by atoms with E-state index in [0.717, 1.165) is 31.9 Å². The molecule has 212 valence electrons. The largest absolute Gasteiger partial charge is 0.408 e. The number of hydrogen-bond donors (Lipinski definition) is 4. The van der Waals surface area contributed by atoms with Crippen molar-refractivity contribution in [1.29, 1.82) is 5.41 Å². The average Bonchev–Trinajstić information content (AvgIpc) is 3.79. The number of rotatable bonds is 13. The number of quaternary nitrogens is 1. The van der Waals surface area contributed by atoms with E-state index in [9.17, 15) is 22.8 Å². The lowest BCUT2D eigenvalue weighted by Crippen LogP contribution is -2.79. The summed E-state index contributed by atoms with van der Waals surface area (Å²) in [6.45, 7) is 4.10. The summed E-state index contributed by atoms with van der Waals surface area (Å²) in [4.78, 5) is 26.8. The molecule has 39 heavy (non-hydrogen) atoms. The zero-order valence-corrected chi connectivity index (χ0v) is 22.0. The van der Waals surface area contributed by atoms with Gasteiger partial charge in [-0.05, 0) is 80.7 Å². The Hall–Kier alpha value is -3.62. The highest BCUT2D eigenvalue weighted by molar-refractivity contribution is 5.97. The first kappa shape index (κ1) is 28.4. The lowest BCUT2D eigenvalue weighted by atomic mass is 9.88. The van der Waals surface area contributed by atoms with Gasteiger partial charge < -0.3 is 21.4 Å². The molecule has 2 atom stereocenters. The standard InChI is InChI=1S/C24H33F3N10O2/c1-13(2)37-18(8-9-30-37)22(38)32-20(19(15-4-5-15)16-6-7-16)23(39)31-17(10-28)11-29-14(3)21-33-34-35-36(21)12-24(25,26)27/h8-11,13-16,19-20,28-29H,4-7,12H2,1-3H3,(H,31,39)(H,32,38)/p+1/b17-11+,28-10?/t14?,20-/m0/s1. The molecule has 0 saturated heterocycles. The van der Waals surface area contributed by atoms with Crippen molar-refractivity contribution in [2.75, 3.05) is 0 Å². The van der Waals surface area contributed by atoms with E-state index in [2.05, 4.69) is 31.3 Å². The summed E-state index contributed by atoms with van der Waals surface area (Å²) in [5, 5.41) is 29.6. The molecule has 2 saturated carbocycles. The van der Waals surface area contributed by atoms with Crippen molar-refractivity contribution in [1.82, 2.24) is 40.6 Å². The second-order valence-corrected chi connectivity index (χ2v) is 10.5. The fourth-order valence-corrected chi connectivity index (χ4v) is 4.85. The van der Waals surface area contributed by atoms with Gasteiger partial charge >= 0.3 is 6.18 Å². The SMILES string of the molecule is CC([NH2+]/C=C(\C=N)NC(=O)[C@@H](NC(=O)c1ccnn1C(C)C)C(C1CC1)C1CC1)c1nnnn1CC(F)(F)F. The fraction of sp³-hybridized carbons (Fsp3) is 0.625. The number of aromatic nitrogens is 6. The number of nitrogens with one attached hydrogen (secondary N) is 3. The molecule has 4 rings (SSSR count). The van der Waals surface area contributed by atoms with Gasteiger partial charge in [-0.2, -0.15) is 18.3 Å². The highest BCUT2D eigenvalue weighted by Crippen LogP contribution is 2.50. The molecule has 0 aliphatic heterocycles. The van der Waals surface area contributed by atoms with Crippen molar-refractivity contribution >= 4 is 18.0 Å². The lowest BCUT2D eigenvalue weighted by Gasteiger charge is -2.27. The molecule has 2 heterocycles. The van der Waals surface area contributed by atoms with Crippen LogP contribution in [0.1, 0.15) is 74.9 Å². The van der Waals surface area contributed by atoms with E-state index in [-0.39, 0.29) is 23.5 Å². The first-order chi connectivity index (χ1) is 18.5. The lowest BCUT2D eigenvalue weighted by molar-refractivity contribution is -0.631. The Morgan fingerprint density at radius 1 is 1.21 bits per heavy atom. The number of nitrogens with zero attached hydrogens (tertiary/aromatic N) is 6. The van der Waals surface area contributed by atoms with Gasteiger partial charge in [0.25, 0.3) is 5.91 Å². The normalized spacial score (nSPS) is 17.8. The summed E-state index contributed by atoms with van der Waals surface area (Å²) >= 11 is 0. The molecule has 0 radical (unpaired) electrons. The molecule has 12 nitrogen and oxygen atoms in total. The highest BCUT2D eigenvalue weighted by atomic mass is 19.4. The summed E-state index contributed by atoms with van der Waals surface area (Å²) in [7, 11) is 0. The van der Waals surface area contributed by atoms with Crippen LogP contribution in [0.25, 0.3) is 0 Å². The van der Waals surface area contributed by atoms with E-state index >= 15 is 0 Å². The number of allylic oxidation sites excluding steroid dienone is 1. The van der Waals surface area contributed by atoms with E-state index < -0.39 is 36.6 Å². The second kappa shape index (κ2) is 11.6. The Labute approximate surface area is 223 Å². The summed E-state index contributed by atoms with van der Waals surface area (Å²) in [6.07, 6.45) is 3.41. The summed E-state index contributed by atoms with van der Waals surface area (Å²) in [5.74, 6) is -0.185. The monoisotopic (exact) mass is 551 g/mol. The summed E-state index contributed by atoms with van der Waals surface area (Å²) < 4.78 is 40.8. The van der Waals surface area contributed by atoms with Gasteiger partial charge in [0.05, 0.1) is 0 Å². The molecular weight excluding hydrogens is 517 g/mol. The third-order valence-electron chi connectivity index (χ3n) is 6.96. The van der Waals surface area contributed by atoms with Gasteiger partial charge in [-0.3, -0.25) is 14.3 Å². The molecule has 0 spiro atoms. The number of carbonyl (C=O) groups is 2. The van der Waals surface area contributed by atoms with Gasteiger partial charge in [-0.15, -0.1) is 5.10 Å². The van der Waals surface area contributed by atoms with Gasteiger partial charge in [-0.25, -0.2) is 4.68 Å². The maximum atomic E-state index is 13.6. The van der Waals surface area contributed by atoms with Gasteiger partial charge in [0.1, 0.15) is 36.2 Å². The molecule has 0 aromatic carbocycles. The van der Waals surface area contributed by atoms with E-state index in [0.29, 0.717) is 22.2 Å². The van der Waals surface area contributed by atoms with Gasteiger partial charge in [0.2, 0.25) is 11.7 Å². The third-order valence-corrected chi connectivity index (χ3v) is 6.96. The minimum atomic E-state index is -4.49. The van der Waals surface area contributed by atoms with Crippen molar-refractivity contribution in [3.63, 3.8) is 0 Å². The van der Waals surface area contributed by atoms with E-state index in [1.54, 1.807) is 23.9 Å². The van der Waals surface area contributed by atoms with E-state index in [1.165, 1.54) is 11.5 Å². The molecule has 2 aliphatic rings. The molecule has 2 fully saturated rings. The second-order valence-electron chi connectivity index (χ2n) is 10.5. The van der Waals surface area contributed by atoms with Crippen LogP contribution in [0.5, 0.6) is 0 Å². The predicted octanol–water partition coefficient (Wildman–Crippen LogP) is 1.48. The van der Waals surface area contributed by atoms with Crippen LogP contribution in [-0.2, 0) is 11.3 Å². The number of nitrogens with two attached hydrogens (primary N) is 1. The zero-order valence-electron chi connectivity index (χ0n) is 22.0. The first-order valence-corrected chi connectivity index (χ1v) is 13.0. The van der Waals surface area contributed by atoms with Crippen LogP contribution >= 0.6 is 0 Å². The Morgan fingerprint density at radius 2 is 1.87 bits per heavy atom. The minimum absolute atomic E-state index is 0.00586. The van der Waals surface area contributed by atoms with Crippen LogP contribution in [0, 0.1) is 23.2 Å². The number of alkyl halides is 3. The molecule has 2 aromatic heterocycles. The number of halogens is 3. The smallest absolute Gasteiger partial charge is 0.339 e. The van der Waals surface area contributed by atoms with Gasteiger partial charge in [0.15, 0.2) is 0 Å². The summed E-state index contributed by atoms with van der Waals surface area (Å²) in [5.41, 5.74) is 0.480. The van der Waals surface area contributed by atoms with Crippen molar-refractivity contribution in [3.8, 4) is 0 Å². The Morgan fingerprint density at radius 3 is 2.44 bits per heavy atom. The van der Waals surface area contributed by atoms with Crippen LogP contribution in [0.4, 0.5) is 13.2 Å². The molecule has 15 heteroatoms. The molecule has 2 aliphatic carbocycles. The van der Waals surface area contributed by atoms with Crippen LogP contribution in [-0.4, -0.2) is 60.2 Å². The maximum absolute atomic E-state index is 13.6. The highest BCUT2D eigenvalue weighted by Gasteiger charge is 2.48. The quantitative estimate of drug-likeness (QED) is 0.276. The van der Waals surface area contributed by atoms with Crippen molar-refractivity contribution in [2.24, 2.45) is 17.8 Å². The first-order valence-electron chi connectivity index (χ1n) is 13.0. The Balaban J connectivity index is 1.48. The topological polar surface area (TPSA) is 160 Å². The van der Waals surface area contributed by atoms with Gasteiger partial charge in [0, 0.05) is 18.5 Å². The molecule has 5 N–H and O–H groups in total. The fourth-order valence-electron chi connectivity index (χ4n) is 4.85. The van der Waals surface area contributed by atoms with E-state index in [1.807, 2.05) is 13.8 Å². The molecule has 1 unspecified atom stereocenters. The number of tetrazole rings is 1. The van der Waals surface area contributed by atoms with Crippen LogP contribution < -0.4 is 16.0 Å². The Bertz CT molecular complexity index is 1200. The third kappa shape index (κ3) is 7.28. The molecular formula is C24H34F3N10O2+. The summed E-state index contributed by atoms with van der Waals surface area (Å²) in [6, 6.07) is 0.122. The number of amides is 2. The predicted molar refractivity (Wildman–Crippen MR) is 132 cm³/mol. The van der Waals surface area contributed by atoms with Crippen molar-refractivity contribution in [2.45, 2.75) is 77.3 Å². The Kier molecular flexibility index (Phi) is 8.47. The zero-order chi connectivity index (χ0) is 28.3. The average molecular weight is 552 g/mol. The van der Waals surface area contributed by atoms with Crippen LogP contribution in [0.15, 0.2) is 24.2 Å². The molecule has 2 aromatic rings. The number of hydrogen-bond acceptors (Lipinski definition) is 7. The van der Waals surface area contributed by atoms with Crippen molar-refractivity contribution < 1.29 is 28.1 Å². The van der Waals surface area contributed by atoms with E-state index in [4.69, 9.17) is 5.41 Å². The number of carbonyl (C=O) groups excluding carboxylic acids is 2. The van der Waals surface area contributed by atoms with Gasteiger partial charge in [-0.1, -0.05) is 0 Å². The van der Waals surface area contributed by atoms with Crippen LogP contribution in [0.3, 0.4) is 0 Å². The minimum Gasteiger partial charge on any atom is -0.339 e.